The van der Waals surface area contributed by atoms with E-state index in [1.165, 1.54) is 23.5 Å². The number of hydrogen-bond acceptors (Lipinski definition) is 6. The standard InChI is InChI=1S/C25H24FN5O3S/c26-19-4-2-1-3-16(19)12-29-25(34)22-10-18-14-31(8-7-21(18)35-22)23(32)13-30-24(33)15-5-6-20(28)17(9-15)11-27/h1-6,9-11,27H,7-8,12-14,28H2,(H,29,34)(H,30,33). The minimum Gasteiger partial charge on any atom is -0.398 e. The molecule has 0 fully saturated rings. The van der Waals surface area contributed by atoms with Gasteiger partial charge in [0, 0.05) is 53.1 Å². The number of rotatable bonds is 7. The molecule has 5 N–H and O–H groups in total. The second kappa shape index (κ2) is 10.5. The lowest BCUT2D eigenvalue weighted by Crippen LogP contribution is -2.42. The van der Waals surface area contributed by atoms with E-state index in [4.69, 9.17) is 11.1 Å². The van der Waals surface area contributed by atoms with Crippen LogP contribution >= 0.6 is 11.3 Å². The lowest BCUT2D eigenvalue weighted by atomic mass is 10.1. The molecule has 0 atom stereocenters. The Balaban J connectivity index is 1.32. The van der Waals surface area contributed by atoms with Gasteiger partial charge in [0.15, 0.2) is 0 Å². The van der Waals surface area contributed by atoms with Gasteiger partial charge in [-0.3, -0.25) is 14.4 Å². The number of nitrogens with two attached hydrogens (primary N) is 1. The molecule has 1 aromatic heterocycles. The summed E-state index contributed by atoms with van der Waals surface area (Å²) in [4.78, 5) is 40.9. The summed E-state index contributed by atoms with van der Waals surface area (Å²) < 4.78 is 13.8. The van der Waals surface area contributed by atoms with Gasteiger partial charge in [-0.05, 0) is 42.3 Å². The zero-order valence-electron chi connectivity index (χ0n) is 18.8. The van der Waals surface area contributed by atoms with Crippen LogP contribution in [0.5, 0.6) is 0 Å². The van der Waals surface area contributed by atoms with Gasteiger partial charge in [-0.2, -0.15) is 0 Å². The zero-order valence-corrected chi connectivity index (χ0v) is 19.6. The van der Waals surface area contributed by atoms with E-state index in [1.54, 1.807) is 41.3 Å². The van der Waals surface area contributed by atoms with Crippen LogP contribution < -0.4 is 16.4 Å². The van der Waals surface area contributed by atoms with Crippen molar-refractivity contribution in [2.45, 2.75) is 19.5 Å². The van der Waals surface area contributed by atoms with E-state index in [-0.39, 0.29) is 30.7 Å². The Morgan fingerprint density at radius 3 is 2.69 bits per heavy atom. The predicted octanol–water partition coefficient (Wildman–Crippen LogP) is 2.71. The largest absolute Gasteiger partial charge is 0.398 e. The summed E-state index contributed by atoms with van der Waals surface area (Å²) in [6.07, 6.45) is 1.68. The molecule has 8 nitrogen and oxygen atoms in total. The highest BCUT2D eigenvalue weighted by Gasteiger charge is 2.24. The van der Waals surface area contributed by atoms with Crippen LogP contribution in [0.3, 0.4) is 0 Å². The molecule has 35 heavy (non-hydrogen) atoms. The second-order valence-corrected chi connectivity index (χ2v) is 9.21. The molecule has 10 heteroatoms. The Labute approximate surface area is 205 Å². The summed E-state index contributed by atoms with van der Waals surface area (Å²) in [6.45, 7) is 0.756. The van der Waals surface area contributed by atoms with Crippen molar-refractivity contribution in [1.82, 2.24) is 15.5 Å². The van der Waals surface area contributed by atoms with Crippen LogP contribution in [-0.2, 0) is 24.3 Å². The molecule has 3 amide bonds. The average Bonchev–Trinajstić information content (AvgIpc) is 3.30. The second-order valence-electron chi connectivity index (χ2n) is 8.07. The maximum atomic E-state index is 13.8. The fourth-order valence-corrected chi connectivity index (χ4v) is 4.85. The lowest BCUT2D eigenvalue weighted by Gasteiger charge is -2.27. The zero-order chi connectivity index (χ0) is 24.9. The smallest absolute Gasteiger partial charge is 0.261 e. The fraction of sp³-hybridized carbons (Fsp3) is 0.200. The number of carbonyl (C=O) groups is 3. The number of thiophene rings is 1. The van der Waals surface area contributed by atoms with E-state index in [1.807, 2.05) is 0 Å². The summed E-state index contributed by atoms with van der Waals surface area (Å²) in [5, 5.41) is 12.7. The number of hydrogen-bond donors (Lipinski definition) is 4. The number of anilines is 1. The van der Waals surface area contributed by atoms with Gasteiger partial charge in [0.1, 0.15) is 5.82 Å². The summed E-state index contributed by atoms with van der Waals surface area (Å²) in [5.74, 6) is -1.32. The summed E-state index contributed by atoms with van der Waals surface area (Å²) in [5.41, 5.74) is 8.19. The SMILES string of the molecule is N=Cc1cc(C(=O)NCC(=O)N2CCc3sc(C(=O)NCc4ccccc4F)cc3C2)ccc1N. The van der Waals surface area contributed by atoms with Crippen molar-refractivity contribution < 1.29 is 18.8 Å². The van der Waals surface area contributed by atoms with Crippen molar-refractivity contribution in [1.29, 1.82) is 5.41 Å². The van der Waals surface area contributed by atoms with Crippen LogP contribution in [0.2, 0.25) is 0 Å². The lowest BCUT2D eigenvalue weighted by molar-refractivity contribution is -0.131. The van der Waals surface area contributed by atoms with Crippen LogP contribution in [-0.4, -0.2) is 41.9 Å². The maximum Gasteiger partial charge on any atom is 0.261 e. The van der Waals surface area contributed by atoms with Crippen molar-refractivity contribution in [3.05, 3.63) is 86.4 Å². The van der Waals surface area contributed by atoms with E-state index in [2.05, 4.69) is 10.6 Å². The van der Waals surface area contributed by atoms with Gasteiger partial charge in [0.25, 0.3) is 11.8 Å². The van der Waals surface area contributed by atoms with Gasteiger partial charge < -0.3 is 26.7 Å². The number of amides is 3. The molecule has 4 rings (SSSR count). The molecule has 2 heterocycles. The van der Waals surface area contributed by atoms with E-state index in [0.29, 0.717) is 46.8 Å². The molecule has 2 aromatic carbocycles. The molecule has 0 radical (unpaired) electrons. The van der Waals surface area contributed by atoms with Gasteiger partial charge in [-0.1, -0.05) is 18.2 Å². The highest BCUT2D eigenvalue weighted by atomic mass is 32.1. The predicted molar refractivity (Wildman–Crippen MR) is 132 cm³/mol. The quantitative estimate of drug-likeness (QED) is 0.298. The summed E-state index contributed by atoms with van der Waals surface area (Å²) in [6, 6.07) is 12.6. The Morgan fingerprint density at radius 2 is 1.91 bits per heavy atom. The third kappa shape index (κ3) is 5.55. The minimum absolute atomic E-state index is 0.0910. The highest BCUT2D eigenvalue weighted by Crippen LogP contribution is 2.28. The van der Waals surface area contributed by atoms with Gasteiger partial charge >= 0.3 is 0 Å². The molecular formula is C25H24FN5O3S. The van der Waals surface area contributed by atoms with Crippen LogP contribution in [0.25, 0.3) is 0 Å². The minimum atomic E-state index is -0.427. The fourth-order valence-electron chi connectivity index (χ4n) is 3.77. The molecule has 0 aliphatic carbocycles. The van der Waals surface area contributed by atoms with Crippen LogP contribution in [0.15, 0.2) is 48.5 Å². The number of nitrogen functional groups attached to an aromatic ring is 1. The van der Waals surface area contributed by atoms with Gasteiger partial charge in [-0.25, -0.2) is 4.39 Å². The monoisotopic (exact) mass is 493 g/mol. The number of fused-ring (bicyclic) bond motifs is 1. The van der Waals surface area contributed by atoms with Crippen molar-refractivity contribution in [3.63, 3.8) is 0 Å². The number of carbonyl (C=O) groups excluding carboxylic acids is 3. The van der Waals surface area contributed by atoms with Crippen LogP contribution in [0.1, 0.15) is 41.6 Å². The van der Waals surface area contributed by atoms with Crippen LogP contribution in [0, 0.1) is 11.2 Å². The Hall–Kier alpha value is -4.05. The molecule has 1 aliphatic heterocycles. The van der Waals surface area contributed by atoms with Crippen molar-refractivity contribution >= 4 is 41.0 Å². The van der Waals surface area contributed by atoms with E-state index < -0.39 is 5.91 Å². The number of halogens is 1. The van der Waals surface area contributed by atoms with E-state index >= 15 is 0 Å². The Kier molecular flexibility index (Phi) is 7.21. The molecule has 0 saturated heterocycles. The van der Waals surface area contributed by atoms with Gasteiger partial charge in [-0.15, -0.1) is 11.3 Å². The van der Waals surface area contributed by atoms with Crippen molar-refractivity contribution in [3.8, 4) is 0 Å². The molecular weight excluding hydrogens is 469 g/mol. The molecule has 0 spiro atoms. The normalized spacial score (nSPS) is 12.5. The Morgan fingerprint density at radius 1 is 1.11 bits per heavy atom. The highest BCUT2D eigenvalue weighted by molar-refractivity contribution is 7.14. The van der Waals surface area contributed by atoms with E-state index in [0.717, 1.165) is 16.7 Å². The molecule has 3 aromatic rings. The van der Waals surface area contributed by atoms with E-state index in [9.17, 15) is 18.8 Å². The van der Waals surface area contributed by atoms with Gasteiger partial charge in [0.2, 0.25) is 5.91 Å². The van der Waals surface area contributed by atoms with Gasteiger partial charge in [0.05, 0.1) is 11.4 Å². The number of benzene rings is 2. The Bertz CT molecular complexity index is 1310. The van der Waals surface area contributed by atoms with Crippen LogP contribution in [0.4, 0.5) is 10.1 Å². The summed E-state index contributed by atoms with van der Waals surface area (Å²) in [7, 11) is 0. The van der Waals surface area contributed by atoms with Crippen molar-refractivity contribution in [2.75, 3.05) is 18.8 Å². The number of nitrogens with one attached hydrogen (secondary N) is 3. The number of nitrogens with zero attached hydrogens (tertiary/aromatic N) is 1. The first-order chi connectivity index (χ1) is 16.9. The topological polar surface area (TPSA) is 128 Å². The molecule has 0 unspecified atom stereocenters. The first-order valence-corrected chi connectivity index (χ1v) is 11.8. The summed E-state index contributed by atoms with van der Waals surface area (Å²) >= 11 is 1.37. The molecule has 180 valence electrons. The third-order valence-electron chi connectivity index (χ3n) is 5.75. The van der Waals surface area contributed by atoms with Crippen molar-refractivity contribution in [2.24, 2.45) is 0 Å². The molecule has 1 aliphatic rings. The average molecular weight is 494 g/mol. The molecule has 0 bridgehead atoms. The molecule has 0 saturated carbocycles. The third-order valence-corrected chi connectivity index (χ3v) is 6.98. The maximum absolute atomic E-state index is 13.8. The first kappa shape index (κ1) is 24.1. The first-order valence-electron chi connectivity index (χ1n) is 10.9.